The molecule has 5 nitrogen and oxygen atoms in total. The van der Waals surface area contributed by atoms with Crippen molar-refractivity contribution in [3.63, 3.8) is 0 Å². The van der Waals surface area contributed by atoms with E-state index in [9.17, 15) is 22.7 Å². The second kappa shape index (κ2) is 5.93. The van der Waals surface area contributed by atoms with Crippen molar-refractivity contribution in [2.45, 2.75) is 23.0 Å². The summed E-state index contributed by atoms with van der Waals surface area (Å²) in [4.78, 5) is 11.9. The number of rotatable bonds is 5. The van der Waals surface area contributed by atoms with Gasteiger partial charge >= 0.3 is 5.97 Å². The average molecular weight is 363 g/mol. The third-order valence-electron chi connectivity index (χ3n) is 4.88. The van der Waals surface area contributed by atoms with Crippen molar-refractivity contribution < 1.29 is 22.7 Å². The number of hydrogen-bond acceptors (Lipinski definition) is 4. The van der Waals surface area contributed by atoms with Crippen LogP contribution in [0.25, 0.3) is 0 Å². The number of hydrogen-bond donors (Lipinski definition) is 2. The minimum atomic E-state index is -3.94. The molecule has 0 radical (unpaired) electrons. The molecule has 3 unspecified atom stereocenters. The Kier molecular flexibility index (Phi) is 4.17. The molecule has 0 bridgehead atoms. The van der Waals surface area contributed by atoms with Crippen LogP contribution in [0.1, 0.15) is 17.0 Å². The number of carboxylic acid groups (broad SMARTS) is 1. The van der Waals surface area contributed by atoms with Gasteiger partial charge in [0.05, 0.1) is 10.1 Å². The van der Waals surface area contributed by atoms with Gasteiger partial charge in [-0.25, -0.2) is 12.8 Å². The monoisotopic (exact) mass is 363 g/mol. The highest BCUT2D eigenvalue weighted by atomic mass is 32.2. The van der Waals surface area contributed by atoms with Crippen LogP contribution in [-0.4, -0.2) is 31.3 Å². The summed E-state index contributed by atoms with van der Waals surface area (Å²) in [5.41, 5.74) is 5.25. The van der Waals surface area contributed by atoms with Crippen LogP contribution in [0.15, 0.2) is 53.4 Å². The topological polar surface area (TPSA) is 97.5 Å². The van der Waals surface area contributed by atoms with Crippen LogP contribution in [-0.2, 0) is 14.6 Å². The second-order valence-corrected chi connectivity index (χ2v) is 8.43. The Morgan fingerprint density at radius 1 is 1.24 bits per heavy atom. The Morgan fingerprint density at radius 2 is 1.88 bits per heavy atom. The minimum Gasteiger partial charge on any atom is -0.481 e. The standard InChI is InChI=1S/C18H18FNO4S/c1-11-5-7-14(8-6-11)25(23,24)16-15(18(16,10-20)17(21)22)12-3-2-4-13(19)9-12/h2-9,15-16H,10,20H2,1H3,(H,21,22). The number of benzene rings is 2. The van der Waals surface area contributed by atoms with E-state index < -0.39 is 38.2 Å². The van der Waals surface area contributed by atoms with Crippen LogP contribution < -0.4 is 5.73 Å². The molecule has 25 heavy (non-hydrogen) atoms. The average Bonchev–Trinajstić information content (AvgIpc) is 3.27. The van der Waals surface area contributed by atoms with Crippen LogP contribution in [0.5, 0.6) is 0 Å². The molecular formula is C18H18FNO4S. The largest absolute Gasteiger partial charge is 0.481 e. The molecule has 2 aromatic carbocycles. The maximum absolute atomic E-state index is 13.6. The van der Waals surface area contributed by atoms with Gasteiger partial charge in [0, 0.05) is 12.5 Å². The molecule has 7 heteroatoms. The number of aliphatic carboxylic acids is 1. The van der Waals surface area contributed by atoms with Gasteiger partial charge in [-0.2, -0.15) is 0 Å². The lowest BCUT2D eigenvalue weighted by molar-refractivity contribution is -0.143. The predicted octanol–water partition coefficient (Wildman–Crippen LogP) is 2.10. The number of carbonyl (C=O) groups is 1. The molecule has 0 saturated heterocycles. The first kappa shape index (κ1) is 17.6. The molecule has 0 spiro atoms. The number of sulfone groups is 1. The van der Waals surface area contributed by atoms with E-state index in [0.29, 0.717) is 5.56 Å². The highest BCUT2D eigenvalue weighted by molar-refractivity contribution is 7.92. The molecule has 0 amide bonds. The number of nitrogens with two attached hydrogens (primary N) is 1. The Morgan fingerprint density at radius 3 is 2.40 bits per heavy atom. The maximum atomic E-state index is 13.6. The zero-order valence-corrected chi connectivity index (χ0v) is 14.3. The first-order chi connectivity index (χ1) is 11.7. The third kappa shape index (κ3) is 2.63. The number of carboxylic acids is 1. The Bertz CT molecular complexity index is 926. The van der Waals surface area contributed by atoms with Gasteiger partial charge in [0.25, 0.3) is 0 Å². The van der Waals surface area contributed by atoms with E-state index in [4.69, 9.17) is 5.73 Å². The highest BCUT2D eigenvalue weighted by Crippen LogP contribution is 2.63. The Balaban J connectivity index is 2.12. The van der Waals surface area contributed by atoms with Crippen molar-refractivity contribution >= 4 is 15.8 Å². The fourth-order valence-corrected chi connectivity index (χ4v) is 5.88. The third-order valence-corrected chi connectivity index (χ3v) is 7.17. The molecule has 3 rings (SSSR count). The summed E-state index contributed by atoms with van der Waals surface area (Å²) in [6, 6.07) is 11.6. The van der Waals surface area contributed by atoms with Gasteiger partial charge in [-0.3, -0.25) is 4.79 Å². The van der Waals surface area contributed by atoms with E-state index >= 15 is 0 Å². The lowest BCUT2D eigenvalue weighted by Crippen LogP contribution is -2.31. The van der Waals surface area contributed by atoms with E-state index in [1.807, 2.05) is 6.92 Å². The quantitative estimate of drug-likeness (QED) is 0.848. The zero-order chi connectivity index (χ0) is 18.4. The summed E-state index contributed by atoms with van der Waals surface area (Å²) in [7, 11) is -3.94. The fraction of sp³-hybridized carbons (Fsp3) is 0.278. The molecule has 2 aromatic rings. The Labute approximate surface area is 145 Å². The van der Waals surface area contributed by atoms with Gasteiger partial charge in [0.15, 0.2) is 9.84 Å². The van der Waals surface area contributed by atoms with Gasteiger partial charge < -0.3 is 10.8 Å². The van der Waals surface area contributed by atoms with Gasteiger partial charge in [0.1, 0.15) is 11.2 Å². The van der Waals surface area contributed by atoms with Gasteiger partial charge in [-0.05, 0) is 36.8 Å². The van der Waals surface area contributed by atoms with Gasteiger partial charge in [-0.15, -0.1) is 0 Å². The van der Waals surface area contributed by atoms with Crippen LogP contribution >= 0.6 is 0 Å². The summed E-state index contributed by atoms with van der Waals surface area (Å²) in [5, 5.41) is 8.46. The molecule has 1 saturated carbocycles. The summed E-state index contributed by atoms with van der Waals surface area (Å²) in [5.74, 6) is -2.73. The van der Waals surface area contributed by atoms with E-state index in [0.717, 1.165) is 5.56 Å². The molecule has 1 fully saturated rings. The maximum Gasteiger partial charge on any atom is 0.312 e. The SMILES string of the molecule is Cc1ccc(S(=O)(=O)C2C(c3cccc(F)c3)C2(CN)C(=O)O)cc1. The van der Waals surface area contributed by atoms with Gasteiger partial charge in [-0.1, -0.05) is 29.8 Å². The lowest BCUT2D eigenvalue weighted by atomic mass is 9.99. The normalized spacial score (nSPS) is 25.6. The smallest absolute Gasteiger partial charge is 0.312 e. The summed E-state index contributed by atoms with van der Waals surface area (Å²) in [6.45, 7) is 1.48. The summed E-state index contributed by atoms with van der Waals surface area (Å²) < 4.78 is 39.7. The fourth-order valence-electron chi connectivity index (χ4n) is 3.49. The molecule has 0 aliphatic heterocycles. The van der Waals surface area contributed by atoms with Crippen LogP contribution in [0, 0.1) is 18.2 Å². The molecule has 0 heterocycles. The van der Waals surface area contributed by atoms with E-state index in [-0.39, 0.29) is 11.4 Å². The van der Waals surface area contributed by atoms with Crippen molar-refractivity contribution in [2.75, 3.05) is 6.54 Å². The van der Waals surface area contributed by atoms with Crippen LogP contribution in [0.4, 0.5) is 4.39 Å². The summed E-state index contributed by atoms with van der Waals surface area (Å²) in [6.07, 6.45) is 0. The zero-order valence-electron chi connectivity index (χ0n) is 13.5. The highest BCUT2D eigenvalue weighted by Gasteiger charge is 2.75. The van der Waals surface area contributed by atoms with Crippen molar-refractivity contribution in [2.24, 2.45) is 11.1 Å². The van der Waals surface area contributed by atoms with Crippen molar-refractivity contribution in [1.82, 2.24) is 0 Å². The molecule has 132 valence electrons. The lowest BCUT2D eigenvalue weighted by Gasteiger charge is -2.10. The summed E-state index contributed by atoms with van der Waals surface area (Å²) >= 11 is 0. The van der Waals surface area contributed by atoms with Crippen LogP contribution in [0.3, 0.4) is 0 Å². The van der Waals surface area contributed by atoms with E-state index in [2.05, 4.69) is 0 Å². The molecule has 1 aliphatic carbocycles. The minimum absolute atomic E-state index is 0.0427. The van der Waals surface area contributed by atoms with E-state index in [1.54, 1.807) is 12.1 Å². The predicted molar refractivity (Wildman–Crippen MR) is 90.4 cm³/mol. The number of aryl methyl sites for hydroxylation is 1. The Hall–Kier alpha value is -2.25. The van der Waals surface area contributed by atoms with Gasteiger partial charge in [0.2, 0.25) is 0 Å². The number of halogens is 1. The van der Waals surface area contributed by atoms with Crippen LogP contribution in [0.2, 0.25) is 0 Å². The van der Waals surface area contributed by atoms with Crippen molar-refractivity contribution in [3.8, 4) is 0 Å². The molecular weight excluding hydrogens is 345 g/mol. The van der Waals surface area contributed by atoms with Crippen molar-refractivity contribution in [3.05, 3.63) is 65.5 Å². The van der Waals surface area contributed by atoms with Crippen molar-refractivity contribution in [1.29, 1.82) is 0 Å². The first-order valence-electron chi connectivity index (χ1n) is 7.74. The van der Waals surface area contributed by atoms with E-state index in [1.165, 1.54) is 36.4 Å². The second-order valence-electron chi connectivity index (χ2n) is 6.36. The molecule has 0 aromatic heterocycles. The molecule has 3 N–H and O–H groups in total. The first-order valence-corrected chi connectivity index (χ1v) is 9.29. The molecule has 3 atom stereocenters. The molecule has 1 aliphatic rings.